The van der Waals surface area contributed by atoms with E-state index in [2.05, 4.69) is 19.9 Å². The quantitative estimate of drug-likeness (QED) is 0.581. The van der Waals surface area contributed by atoms with Gasteiger partial charge in [-0.3, -0.25) is 0 Å². The monoisotopic (exact) mass is 468 g/mol. The van der Waals surface area contributed by atoms with Gasteiger partial charge in [0.2, 0.25) is 15.7 Å². The molecule has 0 radical (unpaired) electrons. The topological polar surface area (TPSA) is 121 Å². The first-order chi connectivity index (χ1) is 15.1. The fourth-order valence-corrected chi connectivity index (χ4v) is 4.83. The van der Waals surface area contributed by atoms with Crippen molar-refractivity contribution in [3.8, 4) is 17.3 Å². The van der Waals surface area contributed by atoms with E-state index in [4.69, 9.17) is 10.2 Å². The van der Waals surface area contributed by atoms with E-state index < -0.39 is 21.9 Å². The minimum absolute atomic E-state index is 0.0157. The van der Waals surface area contributed by atoms with Crippen molar-refractivity contribution in [3.05, 3.63) is 42.4 Å². The maximum absolute atomic E-state index is 12.8. The van der Waals surface area contributed by atoms with Gasteiger partial charge in [0.25, 0.3) is 5.89 Å². The molecule has 0 saturated heterocycles. The van der Waals surface area contributed by atoms with E-state index in [0.29, 0.717) is 5.89 Å². The van der Waals surface area contributed by atoms with Crippen LogP contribution >= 0.6 is 0 Å². The lowest BCUT2D eigenvalue weighted by atomic mass is 9.89. The first-order valence-corrected chi connectivity index (χ1v) is 11.3. The van der Waals surface area contributed by atoms with Crippen molar-refractivity contribution in [2.24, 2.45) is 0 Å². The zero-order valence-electron chi connectivity index (χ0n) is 16.7. The summed E-state index contributed by atoms with van der Waals surface area (Å²) in [5.41, 5.74) is 6.19. The highest BCUT2D eigenvalue weighted by molar-refractivity contribution is 7.91. The molecule has 170 valence electrons. The largest absolute Gasteiger partial charge is 0.573 e. The number of hydrogen-bond donors (Lipinski definition) is 1. The Morgan fingerprint density at radius 3 is 2.34 bits per heavy atom. The van der Waals surface area contributed by atoms with Crippen LogP contribution in [0.2, 0.25) is 0 Å². The molecule has 12 heteroatoms. The second-order valence-corrected chi connectivity index (χ2v) is 9.36. The molecule has 0 unspecified atom stereocenters. The van der Waals surface area contributed by atoms with Crippen molar-refractivity contribution in [3.63, 3.8) is 0 Å². The number of hydrogen-bond acceptors (Lipinski definition) is 8. The Hall–Kier alpha value is -3.15. The molecule has 8 nitrogen and oxygen atoms in total. The first kappa shape index (κ1) is 22.1. The first-order valence-electron chi connectivity index (χ1n) is 9.84. The van der Waals surface area contributed by atoms with Gasteiger partial charge >= 0.3 is 6.36 Å². The van der Waals surface area contributed by atoms with Crippen molar-refractivity contribution >= 4 is 15.5 Å². The SMILES string of the molecule is Nc1cc(S(=O)(=O)c2ccc(OC(F)(F)F)cc2)cnc1-c1nnc(C2CCCCC2)o1. The van der Waals surface area contributed by atoms with Crippen LogP contribution in [0.15, 0.2) is 50.7 Å². The van der Waals surface area contributed by atoms with Gasteiger partial charge in [0, 0.05) is 12.1 Å². The van der Waals surface area contributed by atoms with Crippen molar-refractivity contribution < 1.29 is 30.7 Å². The fourth-order valence-electron chi connectivity index (χ4n) is 3.59. The second-order valence-electron chi connectivity index (χ2n) is 7.41. The summed E-state index contributed by atoms with van der Waals surface area (Å²) in [5, 5.41) is 8.08. The molecule has 1 saturated carbocycles. The zero-order chi connectivity index (χ0) is 22.9. The van der Waals surface area contributed by atoms with E-state index in [1.807, 2.05) is 0 Å². The van der Waals surface area contributed by atoms with Gasteiger partial charge < -0.3 is 14.9 Å². The summed E-state index contributed by atoms with van der Waals surface area (Å²) in [6.07, 6.45) is 1.52. The number of ether oxygens (including phenoxy) is 1. The lowest BCUT2D eigenvalue weighted by Crippen LogP contribution is -2.17. The second kappa shape index (κ2) is 8.41. The lowest BCUT2D eigenvalue weighted by Gasteiger charge is -2.17. The highest BCUT2D eigenvalue weighted by atomic mass is 32.2. The number of nitrogens with two attached hydrogens (primary N) is 1. The average Bonchev–Trinajstić information content (AvgIpc) is 3.23. The summed E-state index contributed by atoms with van der Waals surface area (Å²) in [6.45, 7) is 0. The number of anilines is 1. The number of halogens is 3. The van der Waals surface area contributed by atoms with E-state index in [1.54, 1.807) is 0 Å². The normalized spacial score (nSPS) is 15.6. The third-order valence-electron chi connectivity index (χ3n) is 5.17. The Kier molecular flexibility index (Phi) is 5.80. The Morgan fingerprint density at radius 2 is 1.72 bits per heavy atom. The minimum Gasteiger partial charge on any atom is -0.419 e. The molecule has 3 aromatic rings. The van der Waals surface area contributed by atoms with Crippen molar-refractivity contribution in [1.82, 2.24) is 15.2 Å². The standard InChI is InChI=1S/C20H19F3N4O4S/c21-20(22,23)31-13-6-8-14(9-7-13)32(28,29)15-10-16(24)17(25-11-15)19-27-26-18(30-19)12-4-2-1-3-5-12/h6-12H,1-5,24H2. The minimum atomic E-state index is -4.87. The van der Waals surface area contributed by atoms with Gasteiger partial charge in [-0.2, -0.15) is 0 Å². The molecule has 4 rings (SSSR count). The van der Waals surface area contributed by atoms with Crippen LogP contribution in [0.4, 0.5) is 18.9 Å². The molecule has 32 heavy (non-hydrogen) atoms. The molecule has 0 atom stereocenters. The van der Waals surface area contributed by atoms with Gasteiger partial charge in [-0.05, 0) is 43.2 Å². The van der Waals surface area contributed by atoms with Gasteiger partial charge in [-0.15, -0.1) is 23.4 Å². The number of sulfone groups is 1. The van der Waals surface area contributed by atoms with Crippen molar-refractivity contribution in [2.45, 2.75) is 54.2 Å². The number of alkyl halides is 3. The number of nitrogen functional groups attached to an aromatic ring is 1. The number of rotatable bonds is 5. The fraction of sp³-hybridized carbons (Fsp3) is 0.350. The number of benzene rings is 1. The van der Waals surface area contributed by atoms with Crippen LogP contribution < -0.4 is 10.5 Å². The van der Waals surface area contributed by atoms with Gasteiger partial charge in [0.05, 0.1) is 15.5 Å². The van der Waals surface area contributed by atoms with Gasteiger partial charge in [-0.1, -0.05) is 19.3 Å². The van der Waals surface area contributed by atoms with Crippen LogP contribution in [0.25, 0.3) is 11.6 Å². The van der Waals surface area contributed by atoms with E-state index in [-0.39, 0.29) is 33.0 Å². The molecular formula is C20H19F3N4O4S. The molecule has 1 aliphatic rings. The van der Waals surface area contributed by atoms with Crippen LogP contribution in [0, 0.1) is 0 Å². The third-order valence-corrected chi connectivity index (χ3v) is 6.90. The van der Waals surface area contributed by atoms with E-state index in [9.17, 15) is 21.6 Å². The molecule has 1 fully saturated rings. The summed E-state index contributed by atoms with van der Waals surface area (Å²) in [6, 6.07) is 5.04. The molecule has 1 aromatic carbocycles. The van der Waals surface area contributed by atoms with Gasteiger partial charge in [-0.25, -0.2) is 13.4 Å². The molecule has 0 spiro atoms. The van der Waals surface area contributed by atoms with Crippen LogP contribution in [0.3, 0.4) is 0 Å². The molecule has 0 aliphatic heterocycles. The Morgan fingerprint density at radius 1 is 1.03 bits per heavy atom. The highest BCUT2D eigenvalue weighted by Gasteiger charge is 2.31. The summed E-state index contributed by atoms with van der Waals surface area (Å²) < 4.78 is 72.0. The Labute approximate surface area is 181 Å². The number of aromatic nitrogens is 3. The molecule has 0 bridgehead atoms. The molecule has 2 N–H and O–H groups in total. The number of pyridine rings is 1. The van der Waals surface area contributed by atoms with E-state index >= 15 is 0 Å². The van der Waals surface area contributed by atoms with Gasteiger partial charge in [0.1, 0.15) is 5.75 Å². The summed E-state index contributed by atoms with van der Waals surface area (Å²) in [4.78, 5) is 3.63. The van der Waals surface area contributed by atoms with Crippen LogP contribution in [0.1, 0.15) is 43.9 Å². The lowest BCUT2D eigenvalue weighted by molar-refractivity contribution is -0.274. The molecule has 2 aromatic heterocycles. The molecular weight excluding hydrogens is 449 g/mol. The Bertz CT molecular complexity index is 1200. The predicted octanol–water partition coefficient (Wildman–Crippen LogP) is 4.49. The Balaban J connectivity index is 1.57. The molecule has 2 heterocycles. The van der Waals surface area contributed by atoms with Gasteiger partial charge in [0.15, 0.2) is 5.69 Å². The van der Waals surface area contributed by atoms with Crippen LogP contribution in [-0.2, 0) is 9.84 Å². The maximum atomic E-state index is 12.8. The van der Waals surface area contributed by atoms with E-state index in [1.165, 1.54) is 12.5 Å². The predicted molar refractivity (Wildman–Crippen MR) is 106 cm³/mol. The van der Waals surface area contributed by atoms with E-state index in [0.717, 1.165) is 56.1 Å². The smallest absolute Gasteiger partial charge is 0.419 e. The van der Waals surface area contributed by atoms with Crippen LogP contribution in [0.5, 0.6) is 5.75 Å². The van der Waals surface area contributed by atoms with Crippen molar-refractivity contribution in [1.29, 1.82) is 0 Å². The highest BCUT2D eigenvalue weighted by Crippen LogP contribution is 2.34. The molecule has 0 amide bonds. The summed E-state index contributed by atoms with van der Waals surface area (Å²) in [5.74, 6) is 0.268. The third kappa shape index (κ3) is 4.69. The summed E-state index contributed by atoms with van der Waals surface area (Å²) in [7, 11) is -4.08. The summed E-state index contributed by atoms with van der Waals surface area (Å²) >= 11 is 0. The van der Waals surface area contributed by atoms with Crippen LogP contribution in [-0.4, -0.2) is 30.0 Å². The average molecular weight is 468 g/mol. The molecule has 1 aliphatic carbocycles. The zero-order valence-corrected chi connectivity index (χ0v) is 17.5. The maximum Gasteiger partial charge on any atom is 0.573 e. The number of nitrogens with zero attached hydrogens (tertiary/aromatic N) is 3. The van der Waals surface area contributed by atoms with Crippen molar-refractivity contribution in [2.75, 3.05) is 5.73 Å².